The largest absolute Gasteiger partial charge is 0.377 e. The van der Waals surface area contributed by atoms with E-state index in [1.165, 1.54) is 12.8 Å². The number of hydrogen-bond donors (Lipinski definition) is 2. The maximum Gasteiger partial charge on any atom is 0.225 e. The Kier molecular flexibility index (Phi) is 8.76. The first-order chi connectivity index (χ1) is 10.9. The second kappa shape index (κ2) is 9.79. The molecule has 140 valence electrons. The van der Waals surface area contributed by atoms with Crippen LogP contribution in [0.5, 0.6) is 0 Å². The molecule has 2 aliphatic rings. The minimum atomic E-state index is -0.238. The summed E-state index contributed by atoms with van der Waals surface area (Å²) < 4.78 is 5.41. The Morgan fingerprint density at radius 1 is 1.29 bits per heavy atom. The summed E-state index contributed by atoms with van der Waals surface area (Å²) in [5, 5.41) is 6.72. The maximum absolute atomic E-state index is 12.5. The van der Waals surface area contributed by atoms with Crippen molar-refractivity contribution in [2.75, 3.05) is 33.8 Å². The SMILES string of the molecule is CN=C(NCC(C)(C)OC)NC1CCN(C(=O)C2CCCC2)C1.I. The number of nitrogens with one attached hydrogen (secondary N) is 2. The molecule has 0 aromatic carbocycles. The van der Waals surface area contributed by atoms with Gasteiger partial charge in [0.05, 0.1) is 5.60 Å². The van der Waals surface area contributed by atoms with E-state index in [-0.39, 0.29) is 41.5 Å². The summed E-state index contributed by atoms with van der Waals surface area (Å²) in [5.41, 5.74) is -0.238. The molecule has 2 N–H and O–H groups in total. The predicted molar refractivity (Wildman–Crippen MR) is 108 cm³/mol. The van der Waals surface area contributed by atoms with Crippen LogP contribution in [-0.4, -0.2) is 62.2 Å². The van der Waals surface area contributed by atoms with Crippen LogP contribution in [0.4, 0.5) is 0 Å². The van der Waals surface area contributed by atoms with Gasteiger partial charge in [-0.3, -0.25) is 9.79 Å². The van der Waals surface area contributed by atoms with Crippen LogP contribution in [0, 0.1) is 5.92 Å². The number of amides is 1. The van der Waals surface area contributed by atoms with Gasteiger partial charge in [0, 0.05) is 45.8 Å². The van der Waals surface area contributed by atoms with Crippen molar-refractivity contribution in [1.29, 1.82) is 0 Å². The van der Waals surface area contributed by atoms with Gasteiger partial charge in [0.1, 0.15) is 0 Å². The van der Waals surface area contributed by atoms with Gasteiger partial charge in [-0.2, -0.15) is 0 Å². The number of aliphatic imine (C=N–C) groups is 1. The van der Waals surface area contributed by atoms with Crippen LogP contribution in [-0.2, 0) is 9.53 Å². The number of hydrogen-bond acceptors (Lipinski definition) is 3. The van der Waals surface area contributed by atoms with Gasteiger partial charge in [0.15, 0.2) is 5.96 Å². The third kappa shape index (κ3) is 6.06. The molecule has 0 aromatic heterocycles. The molecule has 7 heteroatoms. The standard InChI is InChI=1S/C17H32N4O2.HI/c1-17(2,23-4)12-19-16(18-3)20-14-9-10-21(11-14)15(22)13-7-5-6-8-13;/h13-14H,5-12H2,1-4H3,(H2,18,19,20);1H. The van der Waals surface area contributed by atoms with Crippen LogP contribution in [0.2, 0.25) is 0 Å². The summed E-state index contributed by atoms with van der Waals surface area (Å²) in [4.78, 5) is 18.8. The third-order valence-corrected chi connectivity index (χ3v) is 5.00. The highest BCUT2D eigenvalue weighted by atomic mass is 127. The van der Waals surface area contributed by atoms with Gasteiger partial charge in [0.25, 0.3) is 0 Å². The number of likely N-dealkylation sites (tertiary alicyclic amines) is 1. The zero-order valence-corrected chi connectivity index (χ0v) is 17.8. The fourth-order valence-electron chi connectivity index (χ4n) is 3.27. The van der Waals surface area contributed by atoms with E-state index in [2.05, 4.69) is 15.6 Å². The molecule has 1 saturated carbocycles. The molecule has 6 nitrogen and oxygen atoms in total. The van der Waals surface area contributed by atoms with Crippen LogP contribution in [0.15, 0.2) is 4.99 Å². The molecule has 0 aromatic rings. The maximum atomic E-state index is 12.5. The summed E-state index contributed by atoms with van der Waals surface area (Å²) >= 11 is 0. The summed E-state index contributed by atoms with van der Waals surface area (Å²) in [6, 6.07) is 0.275. The highest BCUT2D eigenvalue weighted by Gasteiger charge is 2.32. The highest BCUT2D eigenvalue weighted by Crippen LogP contribution is 2.27. The molecule has 1 aliphatic carbocycles. The van der Waals surface area contributed by atoms with E-state index >= 15 is 0 Å². The zero-order chi connectivity index (χ0) is 16.9. The molecule has 1 atom stereocenters. The first kappa shape index (κ1) is 21.5. The van der Waals surface area contributed by atoms with Gasteiger partial charge >= 0.3 is 0 Å². The van der Waals surface area contributed by atoms with E-state index in [0.717, 1.165) is 38.3 Å². The number of nitrogens with zero attached hydrogens (tertiary/aromatic N) is 2. The van der Waals surface area contributed by atoms with Gasteiger partial charge in [-0.1, -0.05) is 12.8 Å². The lowest BCUT2D eigenvalue weighted by Gasteiger charge is -2.26. The third-order valence-electron chi connectivity index (χ3n) is 5.00. The van der Waals surface area contributed by atoms with E-state index < -0.39 is 0 Å². The molecule has 0 radical (unpaired) electrons. The lowest BCUT2D eigenvalue weighted by molar-refractivity contribution is -0.134. The molecule has 2 rings (SSSR count). The number of halogens is 1. The van der Waals surface area contributed by atoms with Crippen molar-refractivity contribution >= 4 is 35.8 Å². The Morgan fingerprint density at radius 2 is 1.96 bits per heavy atom. The molecule has 0 bridgehead atoms. The van der Waals surface area contributed by atoms with Crippen LogP contribution >= 0.6 is 24.0 Å². The summed E-state index contributed by atoms with van der Waals surface area (Å²) in [6.07, 6.45) is 5.54. The Balaban J connectivity index is 0.00000288. The van der Waals surface area contributed by atoms with Gasteiger partial charge in [-0.25, -0.2) is 0 Å². The quantitative estimate of drug-likeness (QED) is 0.381. The minimum Gasteiger partial charge on any atom is -0.377 e. The fraction of sp³-hybridized carbons (Fsp3) is 0.882. The lowest BCUT2D eigenvalue weighted by Crippen LogP contribution is -2.49. The molecule has 1 saturated heterocycles. The lowest BCUT2D eigenvalue weighted by atomic mass is 10.1. The predicted octanol–water partition coefficient (Wildman–Crippen LogP) is 1.99. The Labute approximate surface area is 163 Å². The van der Waals surface area contributed by atoms with Gasteiger partial charge in [0.2, 0.25) is 5.91 Å². The van der Waals surface area contributed by atoms with E-state index in [9.17, 15) is 4.79 Å². The van der Waals surface area contributed by atoms with Crippen LogP contribution < -0.4 is 10.6 Å². The second-order valence-corrected chi connectivity index (χ2v) is 7.29. The molecular formula is C17H33IN4O2. The number of guanidine groups is 1. The average molecular weight is 452 g/mol. The minimum absolute atomic E-state index is 0. The number of rotatable bonds is 5. The highest BCUT2D eigenvalue weighted by molar-refractivity contribution is 14.0. The molecule has 1 unspecified atom stereocenters. The molecule has 1 aliphatic heterocycles. The molecule has 1 amide bonds. The van der Waals surface area contributed by atoms with Crippen molar-refractivity contribution in [3.63, 3.8) is 0 Å². The van der Waals surface area contributed by atoms with Crippen LogP contribution in [0.25, 0.3) is 0 Å². The Hall–Kier alpha value is -0.570. The van der Waals surface area contributed by atoms with Crippen molar-refractivity contribution in [1.82, 2.24) is 15.5 Å². The van der Waals surface area contributed by atoms with E-state index in [4.69, 9.17) is 4.74 Å². The van der Waals surface area contributed by atoms with Crippen molar-refractivity contribution in [3.8, 4) is 0 Å². The normalized spacial score (nSPS) is 22.4. The second-order valence-electron chi connectivity index (χ2n) is 7.29. The van der Waals surface area contributed by atoms with Crippen molar-refractivity contribution < 1.29 is 9.53 Å². The number of ether oxygens (including phenoxy) is 1. The number of methoxy groups -OCH3 is 1. The molecule has 0 spiro atoms. The zero-order valence-electron chi connectivity index (χ0n) is 15.4. The van der Waals surface area contributed by atoms with Gasteiger partial charge < -0.3 is 20.3 Å². The number of carbonyl (C=O) groups excluding carboxylic acids is 1. The number of carbonyl (C=O) groups is 1. The smallest absolute Gasteiger partial charge is 0.225 e. The van der Waals surface area contributed by atoms with Gasteiger partial charge in [-0.15, -0.1) is 24.0 Å². The summed E-state index contributed by atoms with van der Waals surface area (Å²) in [6.45, 7) is 6.38. The van der Waals surface area contributed by atoms with E-state index in [1.807, 2.05) is 18.7 Å². The summed E-state index contributed by atoms with van der Waals surface area (Å²) in [7, 11) is 3.48. The van der Waals surface area contributed by atoms with Crippen LogP contribution in [0.1, 0.15) is 46.0 Å². The molecule has 2 fully saturated rings. The van der Waals surface area contributed by atoms with E-state index in [0.29, 0.717) is 12.5 Å². The summed E-state index contributed by atoms with van der Waals surface area (Å²) in [5.74, 6) is 1.40. The average Bonchev–Trinajstić information content (AvgIpc) is 3.22. The van der Waals surface area contributed by atoms with Crippen molar-refractivity contribution in [2.24, 2.45) is 10.9 Å². The molecule has 24 heavy (non-hydrogen) atoms. The van der Waals surface area contributed by atoms with E-state index in [1.54, 1.807) is 14.2 Å². The molecule has 1 heterocycles. The topological polar surface area (TPSA) is 66.0 Å². The van der Waals surface area contributed by atoms with Gasteiger partial charge in [-0.05, 0) is 33.1 Å². The fourth-order valence-corrected chi connectivity index (χ4v) is 3.27. The Bertz CT molecular complexity index is 436. The monoisotopic (exact) mass is 452 g/mol. The first-order valence-electron chi connectivity index (χ1n) is 8.76. The van der Waals surface area contributed by atoms with Crippen LogP contribution in [0.3, 0.4) is 0 Å². The Morgan fingerprint density at radius 3 is 2.54 bits per heavy atom. The first-order valence-corrected chi connectivity index (χ1v) is 8.76. The van der Waals surface area contributed by atoms with Crippen molar-refractivity contribution in [3.05, 3.63) is 0 Å². The molecular weight excluding hydrogens is 419 g/mol. The van der Waals surface area contributed by atoms with Crippen molar-refractivity contribution in [2.45, 2.75) is 57.6 Å².